The number of hydrogen-bond donors (Lipinski definition) is 1. The van der Waals surface area contributed by atoms with Crippen molar-refractivity contribution < 1.29 is 14.7 Å². The minimum absolute atomic E-state index is 0.0177. The van der Waals surface area contributed by atoms with E-state index in [-0.39, 0.29) is 5.91 Å². The molecule has 4 nitrogen and oxygen atoms in total. The maximum absolute atomic E-state index is 12.2. The number of carbonyl (C=O) groups excluding carboxylic acids is 1. The fourth-order valence-corrected chi connectivity index (χ4v) is 3.51. The summed E-state index contributed by atoms with van der Waals surface area (Å²) in [7, 11) is 0. The Hall–Kier alpha value is -0.970. The molecule has 1 saturated heterocycles. The molecule has 0 aromatic carbocycles. The molecule has 2 aliphatic rings. The molecule has 1 fully saturated rings. The highest BCUT2D eigenvalue weighted by molar-refractivity contribution is 7.99. The Morgan fingerprint density at radius 3 is 2.94 bits per heavy atom. The van der Waals surface area contributed by atoms with Crippen molar-refractivity contribution in [1.29, 1.82) is 0 Å². The smallest absolute Gasteiger partial charge is 0.327 e. The van der Waals surface area contributed by atoms with Crippen molar-refractivity contribution >= 4 is 23.6 Å². The van der Waals surface area contributed by atoms with Crippen LogP contribution in [0.4, 0.5) is 0 Å². The van der Waals surface area contributed by atoms with Gasteiger partial charge >= 0.3 is 5.97 Å². The lowest BCUT2D eigenvalue weighted by Crippen LogP contribution is -2.50. The first-order chi connectivity index (χ1) is 8.68. The van der Waals surface area contributed by atoms with Gasteiger partial charge in [-0.05, 0) is 25.7 Å². The summed E-state index contributed by atoms with van der Waals surface area (Å²) in [5.41, 5.74) is 1.19. The Labute approximate surface area is 111 Å². The van der Waals surface area contributed by atoms with Crippen LogP contribution in [0.5, 0.6) is 0 Å². The third kappa shape index (κ3) is 3.28. The Balaban J connectivity index is 1.97. The zero-order valence-corrected chi connectivity index (χ0v) is 11.2. The van der Waals surface area contributed by atoms with E-state index >= 15 is 0 Å². The molecule has 1 aliphatic heterocycles. The van der Waals surface area contributed by atoms with Gasteiger partial charge in [0.05, 0.1) is 0 Å². The molecule has 1 unspecified atom stereocenters. The maximum Gasteiger partial charge on any atom is 0.327 e. The summed E-state index contributed by atoms with van der Waals surface area (Å²) in [6, 6.07) is -0.638. The van der Waals surface area contributed by atoms with E-state index in [1.807, 2.05) is 0 Å². The SMILES string of the molecule is O=C(O)C1CSCCN1C(=O)CC1=CCCCC1. The summed E-state index contributed by atoms with van der Waals surface area (Å²) < 4.78 is 0. The fourth-order valence-electron chi connectivity index (χ4n) is 2.47. The van der Waals surface area contributed by atoms with E-state index in [1.54, 1.807) is 16.7 Å². The second-order valence-corrected chi connectivity index (χ2v) is 5.95. The minimum atomic E-state index is -0.881. The molecule has 1 aliphatic carbocycles. The van der Waals surface area contributed by atoms with Crippen molar-refractivity contribution in [2.45, 2.75) is 38.1 Å². The van der Waals surface area contributed by atoms with E-state index in [0.717, 1.165) is 25.0 Å². The average Bonchev–Trinajstić information content (AvgIpc) is 2.40. The van der Waals surface area contributed by atoms with Crippen molar-refractivity contribution in [3.63, 3.8) is 0 Å². The van der Waals surface area contributed by atoms with E-state index in [1.165, 1.54) is 12.0 Å². The third-order valence-electron chi connectivity index (χ3n) is 3.50. The number of allylic oxidation sites excluding steroid dienone is 1. The predicted molar refractivity (Wildman–Crippen MR) is 71.6 cm³/mol. The molecule has 0 radical (unpaired) electrons. The number of amides is 1. The normalized spacial score (nSPS) is 24.6. The predicted octanol–water partition coefficient (Wildman–Crippen LogP) is 1.91. The lowest BCUT2D eigenvalue weighted by molar-refractivity contribution is -0.149. The number of thioether (sulfide) groups is 1. The quantitative estimate of drug-likeness (QED) is 0.795. The molecule has 2 rings (SSSR count). The van der Waals surface area contributed by atoms with E-state index in [4.69, 9.17) is 5.11 Å². The molecule has 0 aromatic rings. The van der Waals surface area contributed by atoms with E-state index in [2.05, 4.69) is 6.08 Å². The van der Waals surface area contributed by atoms with Gasteiger partial charge in [-0.3, -0.25) is 4.79 Å². The summed E-state index contributed by atoms with van der Waals surface area (Å²) in [5, 5.41) is 9.14. The Morgan fingerprint density at radius 1 is 1.44 bits per heavy atom. The van der Waals surface area contributed by atoms with Crippen molar-refractivity contribution in [3.8, 4) is 0 Å². The van der Waals surface area contributed by atoms with Crippen LogP contribution in [0.15, 0.2) is 11.6 Å². The van der Waals surface area contributed by atoms with Gasteiger partial charge < -0.3 is 10.0 Å². The molecular formula is C13H19NO3S. The van der Waals surface area contributed by atoms with Crippen LogP contribution < -0.4 is 0 Å². The second-order valence-electron chi connectivity index (χ2n) is 4.80. The Bertz CT molecular complexity index is 367. The first kappa shape index (κ1) is 13.5. The molecule has 0 spiro atoms. The molecule has 0 bridgehead atoms. The van der Waals surface area contributed by atoms with Gasteiger partial charge in [0, 0.05) is 24.5 Å². The van der Waals surface area contributed by atoms with Gasteiger partial charge in [0.15, 0.2) is 0 Å². The van der Waals surface area contributed by atoms with Crippen LogP contribution in [0.25, 0.3) is 0 Å². The summed E-state index contributed by atoms with van der Waals surface area (Å²) in [4.78, 5) is 24.9. The molecule has 1 atom stereocenters. The maximum atomic E-state index is 12.2. The van der Waals surface area contributed by atoms with Crippen LogP contribution >= 0.6 is 11.8 Å². The van der Waals surface area contributed by atoms with E-state index in [0.29, 0.717) is 18.7 Å². The first-order valence-corrected chi connectivity index (χ1v) is 7.62. The van der Waals surface area contributed by atoms with Gasteiger partial charge in [-0.25, -0.2) is 4.79 Å². The number of aliphatic carboxylic acids is 1. The van der Waals surface area contributed by atoms with Crippen LogP contribution in [0, 0.1) is 0 Å². The molecule has 1 heterocycles. The largest absolute Gasteiger partial charge is 0.480 e. The van der Waals surface area contributed by atoms with E-state index < -0.39 is 12.0 Å². The Kier molecular flexibility index (Phi) is 4.69. The lowest BCUT2D eigenvalue weighted by atomic mass is 9.96. The number of rotatable bonds is 3. The van der Waals surface area contributed by atoms with Crippen molar-refractivity contribution in [2.75, 3.05) is 18.1 Å². The molecule has 1 N–H and O–H groups in total. The zero-order chi connectivity index (χ0) is 13.0. The van der Waals surface area contributed by atoms with Gasteiger partial charge in [-0.2, -0.15) is 11.8 Å². The molecule has 18 heavy (non-hydrogen) atoms. The highest BCUT2D eigenvalue weighted by Gasteiger charge is 2.32. The highest BCUT2D eigenvalue weighted by atomic mass is 32.2. The number of carboxylic acid groups (broad SMARTS) is 1. The molecule has 100 valence electrons. The van der Waals surface area contributed by atoms with Gasteiger partial charge in [0.1, 0.15) is 6.04 Å². The second kappa shape index (κ2) is 6.27. The molecular weight excluding hydrogens is 250 g/mol. The zero-order valence-electron chi connectivity index (χ0n) is 10.4. The van der Waals surface area contributed by atoms with Crippen molar-refractivity contribution in [1.82, 2.24) is 4.90 Å². The monoisotopic (exact) mass is 269 g/mol. The van der Waals surface area contributed by atoms with Crippen LogP contribution in [0.2, 0.25) is 0 Å². The van der Waals surface area contributed by atoms with Crippen LogP contribution in [0.1, 0.15) is 32.1 Å². The average molecular weight is 269 g/mol. The van der Waals surface area contributed by atoms with Crippen molar-refractivity contribution in [2.24, 2.45) is 0 Å². The summed E-state index contributed by atoms with van der Waals surface area (Å²) in [6.45, 7) is 0.563. The van der Waals surface area contributed by atoms with Gasteiger partial charge in [-0.1, -0.05) is 11.6 Å². The standard InChI is InChI=1S/C13H19NO3S/c15-12(8-10-4-2-1-3-5-10)14-6-7-18-9-11(14)13(16)17/h4,11H,1-3,5-9H2,(H,16,17). The summed E-state index contributed by atoms with van der Waals surface area (Å²) in [5.74, 6) is 0.457. The number of nitrogens with zero attached hydrogens (tertiary/aromatic N) is 1. The number of carboxylic acids is 1. The topological polar surface area (TPSA) is 57.6 Å². The summed E-state index contributed by atoms with van der Waals surface area (Å²) >= 11 is 1.61. The highest BCUT2D eigenvalue weighted by Crippen LogP contribution is 2.23. The minimum Gasteiger partial charge on any atom is -0.480 e. The number of carbonyl (C=O) groups is 2. The van der Waals surface area contributed by atoms with Crippen LogP contribution in [0.3, 0.4) is 0 Å². The van der Waals surface area contributed by atoms with E-state index in [9.17, 15) is 9.59 Å². The fraction of sp³-hybridized carbons (Fsp3) is 0.692. The van der Waals surface area contributed by atoms with Crippen LogP contribution in [-0.2, 0) is 9.59 Å². The third-order valence-corrected chi connectivity index (χ3v) is 4.52. The van der Waals surface area contributed by atoms with Crippen LogP contribution in [-0.4, -0.2) is 46.0 Å². The van der Waals surface area contributed by atoms with Gasteiger partial charge in [0.25, 0.3) is 0 Å². The molecule has 0 aromatic heterocycles. The molecule has 1 amide bonds. The van der Waals surface area contributed by atoms with Gasteiger partial charge in [0.2, 0.25) is 5.91 Å². The summed E-state index contributed by atoms with van der Waals surface area (Å²) in [6.07, 6.45) is 6.96. The molecule has 5 heteroatoms. The Morgan fingerprint density at radius 2 is 2.28 bits per heavy atom. The number of hydrogen-bond acceptors (Lipinski definition) is 3. The molecule has 0 saturated carbocycles. The lowest BCUT2D eigenvalue weighted by Gasteiger charge is -2.33. The van der Waals surface area contributed by atoms with Crippen molar-refractivity contribution in [3.05, 3.63) is 11.6 Å². The van der Waals surface area contributed by atoms with Gasteiger partial charge in [-0.15, -0.1) is 0 Å². The first-order valence-electron chi connectivity index (χ1n) is 6.46.